The van der Waals surface area contributed by atoms with Gasteiger partial charge in [0.2, 0.25) is 0 Å². The van der Waals surface area contributed by atoms with Crippen molar-refractivity contribution < 1.29 is 14.6 Å². The van der Waals surface area contributed by atoms with Gasteiger partial charge < -0.3 is 9.84 Å². The number of phenols is 1. The van der Waals surface area contributed by atoms with Gasteiger partial charge >= 0.3 is 5.97 Å². The molecule has 142 valence electrons. The first-order chi connectivity index (χ1) is 11.7. The van der Waals surface area contributed by atoms with Crippen LogP contribution in [0.4, 0.5) is 0 Å². The molecule has 0 radical (unpaired) electrons. The summed E-state index contributed by atoms with van der Waals surface area (Å²) in [6.07, 6.45) is 5.22. The van der Waals surface area contributed by atoms with E-state index in [0.717, 1.165) is 30.4 Å². The highest BCUT2D eigenvalue weighted by Crippen LogP contribution is 2.34. The molecule has 3 nitrogen and oxygen atoms in total. The van der Waals surface area contributed by atoms with E-state index >= 15 is 0 Å². The predicted octanol–water partition coefficient (Wildman–Crippen LogP) is 5.98. The maximum atomic E-state index is 12.8. The Labute approximate surface area is 153 Å². The fraction of sp³-hybridized carbons (Fsp3) is 0.682. The number of carbonyl (C=O) groups is 1. The quantitative estimate of drug-likeness (QED) is 0.558. The van der Waals surface area contributed by atoms with Crippen LogP contribution in [0.15, 0.2) is 18.2 Å². The van der Waals surface area contributed by atoms with Gasteiger partial charge in [0.1, 0.15) is 5.75 Å². The smallest absolute Gasteiger partial charge is 0.313 e. The Hall–Kier alpha value is -1.51. The number of phenolic OH excluding ortho intramolecular Hbond substituents is 1. The number of aryl methyl sites for hydroxylation is 1. The van der Waals surface area contributed by atoms with Crippen molar-refractivity contribution in [1.29, 1.82) is 0 Å². The molecule has 0 fully saturated rings. The van der Waals surface area contributed by atoms with Gasteiger partial charge in [-0.25, -0.2) is 0 Å². The normalized spacial score (nSPS) is 14.2. The lowest BCUT2D eigenvalue weighted by Gasteiger charge is -2.26. The summed E-state index contributed by atoms with van der Waals surface area (Å²) in [6, 6.07) is 5.42. The maximum absolute atomic E-state index is 12.8. The van der Waals surface area contributed by atoms with E-state index in [1.54, 1.807) is 6.07 Å². The minimum absolute atomic E-state index is 0.0157. The number of unbranched alkanes of at least 4 members (excludes halogenated alkanes) is 1. The molecule has 0 saturated heterocycles. The van der Waals surface area contributed by atoms with Crippen LogP contribution in [-0.2, 0) is 9.53 Å². The molecule has 0 amide bonds. The summed E-state index contributed by atoms with van der Waals surface area (Å²) >= 11 is 0. The Morgan fingerprint density at radius 2 is 1.92 bits per heavy atom. The fourth-order valence-corrected chi connectivity index (χ4v) is 3.04. The fourth-order valence-electron chi connectivity index (χ4n) is 3.04. The molecule has 0 heterocycles. The van der Waals surface area contributed by atoms with E-state index < -0.39 is 0 Å². The standard InChI is InChI=1S/C22H36O3/c1-7-9-10-17(8-2)15-25-21(24)19(14-22(4,5)6)18-11-12-20(23)16(3)13-18/h11-13,17,19,23H,7-10,14-15H2,1-6H3. The van der Waals surface area contributed by atoms with Gasteiger partial charge in [-0.05, 0) is 48.3 Å². The zero-order valence-corrected chi connectivity index (χ0v) is 16.9. The van der Waals surface area contributed by atoms with E-state index in [2.05, 4.69) is 34.6 Å². The van der Waals surface area contributed by atoms with E-state index in [1.807, 2.05) is 19.1 Å². The van der Waals surface area contributed by atoms with E-state index in [9.17, 15) is 9.90 Å². The molecule has 1 aromatic carbocycles. The lowest BCUT2D eigenvalue weighted by molar-refractivity contribution is -0.147. The number of hydrogen-bond acceptors (Lipinski definition) is 3. The minimum atomic E-state index is -0.289. The zero-order valence-electron chi connectivity index (χ0n) is 16.9. The summed E-state index contributed by atoms with van der Waals surface area (Å²) < 4.78 is 5.72. The SMILES string of the molecule is CCCCC(CC)COC(=O)C(CC(C)(C)C)c1ccc(O)c(C)c1. The van der Waals surface area contributed by atoms with Crippen LogP contribution < -0.4 is 0 Å². The van der Waals surface area contributed by atoms with Crippen molar-refractivity contribution in [2.45, 2.75) is 79.6 Å². The summed E-state index contributed by atoms with van der Waals surface area (Å²) in [4.78, 5) is 12.8. The molecule has 2 unspecified atom stereocenters. The largest absolute Gasteiger partial charge is 0.508 e. The van der Waals surface area contributed by atoms with E-state index in [4.69, 9.17) is 4.74 Å². The van der Waals surface area contributed by atoms with Gasteiger partial charge in [-0.1, -0.05) is 66.0 Å². The number of esters is 1. The summed E-state index contributed by atoms with van der Waals surface area (Å²) in [6.45, 7) is 13.1. The third kappa shape index (κ3) is 7.50. The van der Waals surface area contributed by atoms with Crippen LogP contribution in [0.1, 0.15) is 83.8 Å². The van der Waals surface area contributed by atoms with Gasteiger partial charge in [0.25, 0.3) is 0 Å². The molecule has 0 aliphatic rings. The second-order valence-electron chi connectivity index (χ2n) is 8.41. The molecule has 0 bridgehead atoms. The number of ether oxygens (including phenoxy) is 1. The van der Waals surface area contributed by atoms with Gasteiger partial charge in [0, 0.05) is 0 Å². The van der Waals surface area contributed by atoms with Gasteiger partial charge in [0.05, 0.1) is 12.5 Å². The first kappa shape index (κ1) is 21.5. The Morgan fingerprint density at radius 1 is 1.24 bits per heavy atom. The van der Waals surface area contributed by atoms with Crippen molar-refractivity contribution in [2.75, 3.05) is 6.61 Å². The molecule has 25 heavy (non-hydrogen) atoms. The number of aromatic hydroxyl groups is 1. The molecular formula is C22H36O3. The molecule has 0 spiro atoms. The Kier molecular flexibility index (Phi) is 8.47. The van der Waals surface area contributed by atoms with Crippen LogP contribution in [0.25, 0.3) is 0 Å². The van der Waals surface area contributed by atoms with Crippen LogP contribution in [0.3, 0.4) is 0 Å². The van der Waals surface area contributed by atoms with Gasteiger partial charge in [-0.15, -0.1) is 0 Å². The molecular weight excluding hydrogens is 312 g/mol. The second-order valence-corrected chi connectivity index (χ2v) is 8.41. The lowest BCUT2D eigenvalue weighted by Crippen LogP contribution is -2.24. The molecule has 0 saturated carbocycles. The average molecular weight is 349 g/mol. The molecule has 0 aromatic heterocycles. The number of rotatable bonds is 9. The molecule has 0 aliphatic heterocycles. The lowest BCUT2D eigenvalue weighted by atomic mass is 9.81. The van der Waals surface area contributed by atoms with Crippen molar-refractivity contribution in [2.24, 2.45) is 11.3 Å². The molecule has 3 heteroatoms. The van der Waals surface area contributed by atoms with Crippen LogP contribution in [0.5, 0.6) is 5.75 Å². The minimum Gasteiger partial charge on any atom is -0.508 e. The first-order valence-corrected chi connectivity index (χ1v) is 9.64. The summed E-state index contributed by atoms with van der Waals surface area (Å²) in [7, 11) is 0. The van der Waals surface area contributed by atoms with Crippen LogP contribution >= 0.6 is 0 Å². The summed E-state index contributed by atoms with van der Waals surface area (Å²) in [5.74, 6) is 0.274. The number of carbonyl (C=O) groups excluding carboxylic acids is 1. The third-order valence-corrected chi connectivity index (χ3v) is 4.73. The highest BCUT2D eigenvalue weighted by Gasteiger charge is 2.28. The molecule has 1 aromatic rings. The zero-order chi connectivity index (χ0) is 19.0. The van der Waals surface area contributed by atoms with Crippen molar-refractivity contribution in [1.82, 2.24) is 0 Å². The van der Waals surface area contributed by atoms with Crippen LogP contribution in [-0.4, -0.2) is 17.7 Å². The second kappa shape index (κ2) is 9.84. The van der Waals surface area contributed by atoms with Crippen molar-refractivity contribution in [3.8, 4) is 5.75 Å². The van der Waals surface area contributed by atoms with Gasteiger partial charge in [0.15, 0.2) is 0 Å². The monoisotopic (exact) mass is 348 g/mol. The Morgan fingerprint density at radius 3 is 2.44 bits per heavy atom. The molecule has 1 rings (SSSR count). The maximum Gasteiger partial charge on any atom is 0.313 e. The highest BCUT2D eigenvalue weighted by molar-refractivity contribution is 5.78. The molecule has 2 atom stereocenters. The Bertz CT molecular complexity index is 543. The Balaban J connectivity index is 2.88. The van der Waals surface area contributed by atoms with Gasteiger partial charge in [-0.2, -0.15) is 0 Å². The average Bonchev–Trinajstić information content (AvgIpc) is 2.54. The molecule has 0 aliphatic carbocycles. The van der Waals surface area contributed by atoms with Crippen molar-refractivity contribution in [3.05, 3.63) is 29.3 Å². The number of hydrogen-bond donors (Lipinski definition) is 1. The predicted molar refractivity (Wildman–Crippen MR) is 104 cm³/mol. The summed E-state index contributed by atoms with van der Waals surface area (Å²) in [5.41, 5.74) is 1.73. The topological polar surface area (TPSA) is 46.5 Å². The highest BCUT2D eigenvalue weighted by atomic mass is 16.5. The third-order valence-electron chi connectivity index (χ3n) is 4.73. The van der Waals surface area contributed by atoms with Crippen molar-refractivity contribution in [3.63, 3.8) is 0 Å². The van der Waals surface area contributed by atoms with Crippen molar-refractivity contribution >= 4 is 5.97 Å². The van der Waals surface area contributed by atoms with E-state index in [1.165, 1.54) is 12.8 Å². The van der Waals surface area contributed by atoms with Crippen LogP contribution in [0.2, 0.25) is 0 Å². The van der Waals surface area contributed by atoms with Gasteiger partial charge in [-0.3, -0.25) is 4.79 Å². The number of benzene rings is 1. The first-order valence-electron chi connectivity index (χ1n) is 9.64. The van der Waals surface area contributed by atoms with Crippen LogP contribution in [0, 0.1) is 18.3 Å². The van der Waals surface area contributed by atoms with E-state index in [0.29, 0.717) is 12.5 Å². The summed E-state index contributed by atoms with van der Waals surface area (Å²) in [5, 5.41) is 9.77. The van der Waals surface area contributed by atoms with E-state index in [-0.39, 0.29) is 23.1 Å². The molecule has 1 N–H and O–H groups in total.